The van der Waals surface area contributed by atoms with Crippen LogP contribution in [0.25, 0.3) is 21.9 Å². The van der Waals surface area contributed by atoms with Crippen molar-refractivity contribution in [3.8, 4) is 16.9 Å². The first-order valence-corrected chi connectivity index (χ1v) is 11.4. The summed E-state index contributed by atoms with van der Waals surface area (Å²) in [5, 5.41) is -1.46. The van der Waals surface area contributed by atoms with Crippen LogP contribution in [0.3, 0.4) is 0 Å². The molecule has 4 aromatic rings. The quantitative estimate of drug-likeness (QED) is 0.165. The van der Waals surface area contributed by atoms with Crippen LogP contribution in [0.1, 0.15) is 30.9 Å². The van der Waals surface area contributed by atoms with Crippen LogP contribution in [0.2, 0.25) is 0 Å². The van der Waals surface area contributed by atoms with Crippen LogP contribution >= 0.6 is 0 Å². The molecule has 0 fully saturated rings. The topological polar surface area (TPSA) is 9.23 Å². The number of fused-ring (bicyclic) bond motifs is 1. The molecule has 0 spiro atoms. The monoisotopic (exact) mass is 524 g/mol. The van der Waals surface area contributed by atoms with E-state index >= 15 is 0 Å². The van der Waals surface area contributed by atoms with Gasteiger partial charge in [0.05, 0.1) is 11.8 Å². The number of benzene rings is 4. The largest absolute Gasteiger partial charge is 0.432 e. The first-order valence-electron chi connectivity index (χ1n) is 11.4. The zero-order valence-corrected chi connectivity index (χ0v) is 19.5. The molecule has 0 aliphatic heterocycles. The van der Waals surface area contributed by atoms with Crippen LogP contribution in [0, 0.1) is 34.9 Å². The Balaban J connectivity index is 1.51. The summed E-state index contributed by atoms with van der Waals surface area (Å²) in [5.41, 5.74) is 1.13. The molecule has 0 amide bonds. The number of hydrogen-bond acceptors (Lipinski definition) is 1. The average molecular weight is 524 g/mol. The minimum Gasteiger partial charge on any atom is -0.432 e. The fraction of sp³-hybridized carbons (Fsp3) is 0.214. The Kier molecular flexibility index (Phi) is 7.43. The van der Waals surface area contributed by atoms with Gasteiger partial charge in [-0.15, -0.1) is 0 Å². The number of alkyl halides is 2. The third kappa shape index (κ3) is 5.55. The lowest BCUT2D eigenvalue weighted by Crippen LogP contribution is -2.25. The van der Waals surface area contributed by atoms with E-state index in [1.165, 1.54) is 12.1 Å². The van der Waals surface area contributed by atoms with E-state index < -0.39 is 70.4 Å². The van der Waals surface area contributed by atoms with Crippen molar-refractivity contribution in [2.75, 3.05) is 0 Å². The van der Waals surface area contributed by atoms with Crippen molar-refractivity contribution in [1.82, 2.24) is 0 Å². The van der Waals surface area contributed by atoms with Gasteiger partial charge in [0, 0.05) is 11.6 Å². The van der Waals surface area contributed by atoms with Gasteiger partial charge in [-0.05, 0) is 47.1 Å². The molecule has 0 heterocycles. The lowest BCUT2D eigenvalue weighted by molar-refractivity contribution is -0.180. The highest BCUT2D eigenvalue weighted by molar-refractivity contribution is 5.85. The van der Waals surface area contributed by atoms with Gasteiger partial charge in [0.1, 0.15) is 11.6 Å². The molecule has 0 aromatic heterocycles. The number of rotatable bonds is 8. The molecule has 194 valence electrons. The van der Waals surface area contributed by atoms with E-state index in [1.807, 2.05) is 6.92 Å². The van der Waals surface area contributed by atoms with Crippen molar-refractivity contribution in [2.45, 2.75) is 38.7 Å². The highest BCUT2D eigenvalue weighted by atomic mass is 19.3. The van der Waals surface area contributed by atoms with Gasteiger partial charge >= 0.3 is 6.11 Å². The van der Waals surface area contributed by atoms with Gasteiger partial charge in [0.15, 0.2) is 29.1 Å². The molecule has 0 saturated heterocycles. The standard InChI is InChI=1S/C28H20F8O/c1-2-3-15-4-6-16(7-5-15)20-9-8-17(24(31)25(20)32)10-11-28(35,36)37-19-12-18-13-22(30)26(33)27(34)23(18)21(29)14-19/h4-9,12-14H,2-3,10-11H2,1H3. The molecule has 0 aliphatic carbocycles. The van der Waals surface area contributed by atoms with Crippen molar-refractivity contribution in [2.24, 2.45) is 0 Å². The summed E-state index contributed by atoms with van der Waals surface area (Å²) >= 11 is 0. The Morgan fingerprint density at radius 3 is 2.08 bits per heavy atom. The normalized spacial score (nSPS) is 11.8. The fourth-order valence-electron chi connectivity index (χ4n) is 4.07. The fourth-order valence-corrected chi connectivity index (χ4v) is 4.07. The van der Waals surface area contributed by atoms with Gasteiger partial charge in [-0.3, -0.25) is 0 Å². The summed E-state index contributed by atoms with van der Waals surface area (Å²) in [6, 6.07) is 11.0. The Hall–Kier alpha value is -3.62. The summed E-state index contributed by atoms with van der Waals surface area (Å²) in [5.74, 6) is -10.0. The van der Waals surface area contributed by atoms with Crippen molar-refractivity contribution in [3.05, 3.63) is 101 Å². The van der Waals surface area contributed by atoms with E-state index in [2.05, 4.69) is 4.74 Å². The van der Waals surface area contributed by atoms with E-state index in [0.29, 0.717) is 17.7 Å². The van der Waals surface area contributed by atoms with Crippen molar-refractivity contribution in [1.29, 1.82) is 0 Å². The van der Waals surface area contributed by atoms with Gasteiger partial charge < -0.3 is 4.74 Å². The molecule has 0 bridgehead atoms. The van der Waals surface area contributed by atoms with Gasteiger partial charge in [-0.25, -0.2) is 26.3 Å². The predicted octanol–water partition coefficient (Wildman–Crippen LogP) is 8.90. The molecule has 9 heteroatoms. The summed E-state index contributed by atoms with van der Waals surface area (Å²) in [7, 11) is 0. The highest BCUT2D eigenvalue weighted by Crippen LogP contribution is 2.34. The van der Waals surface area contributed by atoms with Crippen molar-refractivity contribution >= 4 is 10.8 Å². The second-order valence-corrected chi connectivity index (χ2v) is 8.58. The summed E-state index contributed by atoms with van der Waals surface area (Å²) in [6.45, 7) is 2.01. The van der Waals surface area contributed by atoms with Crippen LogP contribution in [-0.4, -0.2) is 6.11 Å². The predicted molar refractivity (Wildman–Crippen MR) is 123 cm³/mol. The van der Waals surface area contributed by atoms with E-state index in [0.717, 1.165) is 24.5 Å². The van der Waals surface area contributed by atoms with Crippen LogP contribution in [0.4, 0.5) is 35.1 Å². The molecule has 0 atom stereocenters. The van der Waals surface area contributed by atoms with E-state index in [1.54, 1.807) is 24.3 Å². The second kappa shape index (κ2) is 10.4. The zero-order valence-electron chi connectivity index (χ0n) is 19.5. The molecular weight excluding hydrogens is 504 g/mol. The number of hydrogen-bond donors (Lipinski definition) is 0. The maximum absolute atomic E-state index is 14.7. The lowest BCUT2D eigenvalue weighted by atomic mass is 9.98. The molecule has 1 nitrogen and oxygen atoms in total. The van der Waals surface area contributed by atoms with Gasteiger partial charge in [0.25, 0.3) is 0 Å². The molecule has 0 radical (unpaired) electrons. The smallest absolute Gasteiger partial charge is 0.398 e. The second-order valence-electron chi connectivity index (χ2n) is 8.58. The Labute approximate surface area is 207 Å². The van der Waals surface area contributed by atoms with Crippen LogP contribution in [0.5, 0.6) is 5.75 Å². The molecular formula is C28H20F8O. The third-order valence-electron chi connectivity index (χ3n) is 5.92. The van der Waals surface area contributed by atoms with Gasteiger partial charge in [-0.2, -0.15) is 8.78 Å². The minimum atomic E-state index is -3.98. The van der Waals surface area contributed by atoms with Crippen molar-refractivity contribution < 1.29 is 39.9 Å². The Morgan fingerprint density at radius 2 is 1.41 bits per heavy atom. The average Bonchev–Trinajstić information content (AvgIpc) is 2.84. The molecule has 0 saturated carbocycles. The van der Waals surface area contributed by atoms with Crippen LogP contribution in [0.15, 0.2) is 54.6 Å². The molecule has 4 aromatic carbocycles. The maximum Gasteiger partial charge on any atom is 0.398 e. The van der Waals surface area contributed by atoms with Gasteiger partial charge in [0.2, 0.25) is 0 Å². The summed E-state index contributed by atoms with van der Waals surface area (Å²) in [6.07, 6.45) is -3.95. The lowest BCUT2D eigenvalue weighted by Gasteiger charge is -2.19. The summed E-state index contributed by atoms with van der Waals surface area (Å²) < 4.78 is 118. The minimum absolute atomic E-state index is 0.0187. The molecule has 0 N–H and O–H groups in total. The van der Waals surface area contributed by atoms with Crippen LogP contribution in [-0.2, 0) is 12.8 Å². The van der Waals surface area contributed by atoms with E-state index in [4.69, 9.17) is 0 Å². The molecule has 4 rings (SSSR count). The first kappa shape index (κ1) is 26.4. The van der Waals surface area contributed by atoms with Crippen LogP contribution < -0.4 is 4.74 Å². The third-order valence-corrected chi connectivity index (χ3v) is 5.92. The summed E-state index contributed by atoms with van der Waals surface area (Å²) in [4.78, 5) is 0. The number of halogens is 8. The molecule has 0 unspecified atom stereocenters. The Bertz CT molecular complexity index is 1450. The van der Waals surface area contributed by atoms with Crippen molar-refractivity contribution in [3.63, 3.8) is 0 Å². The molecule has 37 heavy (non-hydrogen) atoms. The highest BCUT2D eigenvalue weighted by Gasteiger charge is 2.33. The van der Waals surface area contributed by atoms with E-state index in [9.17, 15) is 35.1 Å². The Morgan fingerprint density at radius 1 is 0.703 bits per heavy atom. The SMILES string of the molecule is CCCc1ccc(-c2ccc(CCC(F)(F)Oc3cc(F)c4c(F)c(F)c(F)cc4c3)c(F)c2F)cc1. The van der Waals surface area contributed by atoms with E-state index in [-0.39, 0.29) is 11.1 Å². The number of ether oxygens (including phenoxy) is 1. The van der Waals surface area contributed by atoms with Gasteiger partial charge in [-0.1, -0.05) is 49.7 Å². The zero-order chi connectivity index (χ0) is 26.9. The number of aryl methyl sites for hydroxylation is 2. The maximum atomic E-state index is 14.7. The molecule has 0 aliphatic rings. The first-order chi connectivity index (χ1) is 17.5.